The maximum absolute atomic E-state index is 12.5. The molecule has 1 amide bonds. The summed E-state index contributed by atoms with van der Waals surface area (Å²) >= 11 is 0. The van der Waals surface area contributed by atoms with Gasteiger partial charge in [0.2, 0.25) is 5.91 Å². The van der Waals surface area contributed by atoms with Gasteiger partial charge in [0.25, 0.3) is 0 Å². The third-order valence-corrected chi connectivity index (χ3v) is 5.82. The van der Waals surface area contributed by atoms with Gasteiger partial charge in [0.05, 0.1) is 17.6 Å². The normalized spacial score (nSPS) is 15.9. The number of para-hydroxylation sites is 1. The van der Waals surface area contributed by atoms with Crippen LogP contribution in [0.25, 0.3) is 21.9 Å². The molecule has 0 unspecified atom stereocenters. The van der Waals surface area contributed by atoms with Crippen molar-refractivity contribution >= 4 is 33.5 Å². The van der Waals surface area contributed by atoms with Crippen LogP contribution in [0.15, 0.2) is 53.5 Å². The van der Waals surface area contributed by atoms with Crippen LogP contribution >= 0.6 is 0 Å². The number of H-pyrrole nitrogens is 3. The second-order valence-electron chi connectivity index (χ2n) is 7.73. The monoisotopic (exact) mass is 389 g/mol. The number of carbonyl (C=O) groups excluding carboxylic acids is 1. The Morgan fingerprint density at radius 3 is 2.69 bits per heavy atom. The molecular weight excluding hydrogens is 366 g/mol. The first-order valence-corrected chi connectivity index (χ1v) is 9.96. The predicted octanol–water partition coefficient (Wildman–Crippen LogP) is 3.16. The molecule has 4 aromatic rings. The first-order valence-electron chi connectivity index (χ1n) is 9.96. The van der Waals surface area contributed by atoms with Gasteiger partial charge in [0.15, 0.2) is 0 Å². The van der Waals surface area contributed by atoms with Gasteiger partial charge in [-0.25, -0.2) is 4.79 Å². The second-order valence-corrected chi connectivity index (χ2v) is 7.73. The summed E-state index contributed by atoms with van der Waals surface area (Å²) in [6, 6.07) is 13.8. The molecule has 2 aromatic heterocycles. The number of carbonyl (C=O) groups is 1. The average Bonchev–Trinajstić information content (AvgIpc) is 3.31. The van der Waals surface area contributed by atoms with Crippen molar-refractivity contribution in [1.82, 2.24) is 19.9 Å². The number of aromatic amines is 3. The predicted molar refractivity (Wildman–Crippen MR) is 114 cm³/mol. The van der Waals surface area contributed by atoms with E-state index in [-0.39, 0.29) is 11.6 Å². The Morgan fingerprint density at radius 2 is 1.83 bits per heavy atom. The summed E-state index contributed by atoms with van der Waals surface area (Å²) in [7, 11) is 0. The molecular formula is C22H23N5O2. The number of anilines is 1. The summed E-state index contributed by atoms with van der Waals surface area (Å²) in [6.45, 7) is 2.19. The molecule has 0 bridgehead atoms. The van der Waals surface area contributed by atoms with E-state index in [4.69, 9.17) is 0 Å². The standard InChI is InChI=1S/C22H23N5O2/c28-21(24-15-5-6-19-20(11-15)26-22(29)25-19)13-27-9-7-14(8-10-27)17-12-23-18-4-2-1-3-16(17)18/h1-6,11-12,14,23H,7-10,13H2,(H,24,28)(H2,25,26,29). The fraction of sp³-hybridized carbons (Fsp3) is 0.273. The highest BCUT2D eigenvalue weighted by Crippen LogP contribution is 2.33. The highest BCUT2D eigenvalue weighted by Gasteiger charge is 2.23. The Morgan fingerprint density at radius 1 is 1.03 bits per heavy atom. The van der Waals surface area contributed by atoms with Crippen molar-refractivity contribution in [3.63, 3.8) is 0 Å². The molecule has 0 atom stereocenters. The Hall–Kier alpha value is -3.32. The third-order valence-electron chi connectivity index (χ3n) is 5.82. The zero-order valence-electron chi connectivity index (χ0n) is 16.0. The number of piperidine rings is 1. The summed E-state index contributed by atoms with van der Waals surface area (Å²) in [5.41, 5.74) is 4.43. The van der Waals surface area contributed by atoms with Gasteiger partial charge in [-0.2, -0.15) is 0 Å². The molecule has 2 aromatic carbocycles. The lowest BCUT2D eigenvalue weighted by Gasteiger charge is -2.31. The van der Waals surface area contributed by atoms with Crippen molar-refractivity contribution in [2.24, 2.45) is 0 Å². The number of hydrogen-bond donors (Lipinski definition) is 4. The number of imidazole rings is 1. The van der Waals surface area contributed by atoms with Gasteiger partial charge < -0.3 is 20.3 Å². The van der Waals surface area contributed by atoms with Crippen LogP contribution in [0, 0.1) is 0 Å². The summed E-state index contributed by atoms with van der Waals surface area (Å²) in [5.74, 6) is 0.492. The SMILES string of the molecule is O=C(CN1CCC(c2c[nH]c3ccccc23)CC1)Nc1ccc2[nH]c(=O)[nH]c2c1. The van der Waals surface area contributed by atoms with Gasteiger partial charge in [-0.1, -0.05) is 18.2 Å². The van der Waals surface area contributed by atoms with E-state index in [1.54, 1.807) is 18.2 Å². The van der Waals surface area contributed by atoms with E-state index in [9.17, 15) is 9.59 Å². The number of rotatable bonds is 4. The van der Waals surface area contributed by atoms with Crippen LogP contribution in [0.5, 0.6) is 0 Å². The molecule has 0 spiro atoms. The molecule has 29 heavy (non-hydrogen) atoms. The van der Waals surface area contributed by atoms with Crippen LogP contribution in [-0.4, -0.2) is 45.4 Å². The van der Waals surface area contributed by atoms with Gasteiger partial charge in [-0.15, -0.1) is 0 Å². The highest BCUT2D eigenvalue weighted by molar-refractivity contribution is 5.94. The van der Waals surface area contributed by atoms with Crippen molar-refractivity contribution in [1.29, 1.82) is 0 Å². The molecule has 7 heteroatoms. The lowest BCUT2D eigenvalue weighted by molar-refractivity contribution is -0.117. The number of aromatic nitrogens is 3. The molecule has 5 rings (SSSR count). The fourth-order valence-corrected chi connectivity index (χ4v) is 4.35. The Labute approximate surface area is 167 Å². The fourth-order valence-electron chi connectivity index (χ4n) is 4.35. The molecule has 1 saturated heterocycles. The van der Waals surface area contributed by atoms with Crippen LogP contribution in [-0.2, 0) is 4.79 Å². The van der Waals surface area contributed by atoms with Crippen molar-refractivity contribution in [2.45, 2.75) is 18.8 Å². The second kappa shape index (κ2) is 7.25. The van der Waals surface area contributed by atoms with E-state index < -0.39 is 0 Å². The minimum absolute atomic E-state index is 0.0345. The van der Waals surface area contributed by atoms with Crippen LogP contribution in [0.3, 0.4) is 0 Å². The first kappa shape index (κ1) is 17.8. The van der Waals surface area contributed by atoms with Gasteiger partial charge in [-0.3, -0.25) is 9.69 Å². The maximum atomic E-state index is 12.5. The minimum atomic E-state index is -0.249. The quantitative estimate of drug-likeness (QED) is 0.432. The number of nitrogens with zero attached hydrogens (tertiary/aromatic N) is 1. The topological polar surface area (TPSA) is 96.8 Å². The molecule has 0 radical (unpaired) electrons. The van der Waals surface area contributed by atoms with Crippen LogP contribution in [0.2, 0.25) is 0 Å². The largest absolute Gasteiger partial charge is 0.361 e. The summed E-state index contributed by atoms with van der Waals surface area (Å²) in [6.07, 6.45) is 4.23. The maximum Gasteiger partial charge on any atom is 0.323 e. The highest BCUT2D eigenvalue weighted by atomic mass is 16.2. The van der Waals surface area contributed by atoms with Crippen LogP contribution < -0.4 is 11.0 Å². The first-order chi connectivity index (χ1) is 14.2. The Kier molecular flexibility index (Phi) is 4.44. The molecule has 0 aliphatic carbocycles. The smallest absolute Gasteiger partial charge is 0.323 e. The van der Waals surface area contributed by atoms with Crippen molar-refractivity contribution in [3.05, 3.63) is 64.7 Å². The number of fused-ring (bicyclic) bond motifs is 2. The van der Waals surface area contributed by atoms with E-state index in [0.29, 0.717) is 23.7 Å². The van der Waals surface area contributed by atoms with E-state index in [1.165, 1.54) is 16.5 Å². The minimum Gasteiger partial charge on any atom is -0.361 e. The molecule has 7 nitrogen and oxygen atoms in total. The van der Waals surface area contributed by atoms with Gasteiger partial charge in [-0.05, 0) is 61.7 Å². The van der Waals surface area contributed by atoms with E-state index in [0.717, 1.165) is 31.4 Å². The van der Waals surface area contributed by atoms with Gasteiger partial charge in [0.1, 0.15) is 0 Å². The molecule has 148 valence electrons. The Bertz CT molecular complexity index is 1230. The number of nitrogens with one attached hydrogen (secondary N) is 4. The summed E-state index contributed by atoms with van der Waals surface area (Å²) < 4.78 is 0. The molecule has 1 aliphatic heterocycles. The van der Waals surface area contributed by atoms with Gasteiger partial charge in [0, 0.05) is 22.8 Å². The zero-order chi connectivity index (χ0) is 19.8. The van der Waals surface area contributed by atoms with Crippen molar-refractivity contribution < 1.29 is 4.79 Å². The van der Waals surface area contributed by atoms with Crippen LogP contribution in [0.4, 0.5) is 5.69 Å². The number of hydrogen-bond acceptors (Lipinski definition) is 3. The molecule has 1 aliphatic rings. The molecule has 0 saturated carbocycles. The summed E-state index contributed by atoms with van der Waals surface area (Å²) in [4.78, 5) is 34.8. The van der Waals surface area contributed by atoms with Gasteiger partial charge >= 0.3 is 5.69 Å². The molecule has 4 N–H and O–H groups in total. The van der Waals surface area contributed by atoms with Crippen molar-refractivity contribution in [2.75, 3.05) is 25.0 Å². The average molecular weight is 389 g/mol. The van der Waals surface area contributed by atoms with E-state index in [1.807, 2.05) is 0 Å². The zero-order valence-corrected chi connectivity index (χ0v) is 16.0. The molecule has 1 fully saturated rings. The number of likely N-dealkylation sites (tertiary alicyclic amines) is 1. The Balaban J connectivity index is 1.19. The van der Waals surface area contributed by atoms with Crippen molar-refractivity contribution in [3.8, 4) is 0 Å². The lowest BCUT2D eigenvalue weighted by Crippen LogP contribution is -2.38. The van der Waals surface area contributed by atoms with Crippen LogP contribution in [0.1, 0.15) is 24.3 Å². The van der Waals surface area contributed by atoms with E-state index >= 15 is 0 Å². The summed E-state index contributed by atoms with van der Waals surface area (Å²) in [5, 5.41) is 4.24. The third kappa shape index (κ3) is 3.56. The van der Waals surface area contributed by atoms with E-state index in [2.05, 4.69) is 55.6 Å². The number of amides is 1. The molecule has 3 heterocycles. The number of benzene rings is 2. The lowest BCUT2D eigenvalue weighted by atomic mass is 9.89.